The number of aliphatic hydroxyl groups excluding tert-OH is 3. The highest BCUT2D eigenvalue weighted by Gasteiger charge is 2.07. The van der Waals surface area contributed by atoms with Crippen molar-refractivity contribution in [3.63, 3.8) is 0 Å². The molecule has 0 saturated carbocycles. The van der Waals surface area contributed by atoms with Crippen molar-refractivity contribution >= 4 is 53.8 Å². The quantitative estimate of drug-likeness (QED) is 0.0161. The molecule has 0 aliphatic carbocycles. The van der Waals surface area contributed by atoms with E-state index in [4.69, 9.17) is 52.5 Å². The molecule has 0 aliphatic rings. The molecule has 0 aromatic carbocycles. The van der Waals surface area contributed by atoms with Crippen molar-refractivity contribution in [2.45, 2.75) is 68.6 Å². The number of hydrazone groups is 1. The second-order valence-corrected chi connectivity index (χ2v) is 9.96. The molecule has 5 aromatic rings. The van der Waals surface area contributed by atoms with Gasteiger partial charge in [0.2, 0.25) is 17.7 Å². The van der Waals surface area contributed by atoms with E-state index in [2.05, 4.69) is 61.1 Å². The van der Waals surface area contributed by atoms with Crippen LogP contribution in [0.25, 0.3) is 11.6 Å². The van der Waals surface area contributed by atoms with Gasteiger partial charge in [-0.25, -0.2) is 29.1 Å². The molecule has 14 N–H and O–H groups in total. The van der Waals surface area contributed by atoms with Gasteiger partial charge in [0.1, 0.15) is 31.4 Å². The van der Waals surface area contributed by atoms with Crippen LogP contribution in [-0.4, -0.2) is 123 Å². The molecule has 5 aromatic heterocycles. The van der Waals surface area contributed by atoms with Crippen LogP contribution in [0.1, 0.15) is 74.2 Å². The molecule has 0 saturated heterocycles. The number of guanidine groups is 1. The van der Waals surface area contributed by atoms with Crippen molar-refractivity contribution in [3.05, 3.63) is 52.4 Å². The lowest BCUT2D eigenvalue weighted by atomic mass is 10.2. The number of aromatic amines is 1. The Morgan fingerprint density at radius 2 is 1.32 bits per heavy atom. The molecule has 0 fully saturated rings. The third-order valence-corrected chi connectivity index (χ3v) is 5.07. The Balaban J connectivity index is -0.000000299. The third-order valence-electron chi connectivity index (χ3n) is 5.07. The summed E-state index contributed by atoms with van der Waals surface area (Å²) in [6.07, 6.45) is 0.698. The third kappa shape index (κ3) is 23.5. The van der Waals surface area contributed by atoms with Crippen molar-refractivity contribution in [1.82, 2.24) is 54.3 Å². The van der Waals surface area contributed by atoms with E-state index < -0.39 is 12.6 Å². The van der Waals surface area contributed by atoms with E-state index >= 15 is 0 Å². The van der Waals surface area contributed by atoms with Crippen LogP contribution in [0, 0.1) is 27.7 Å². The number of carboxylic acids is 1. The van der Waals surface area contributed by atoms with Gasteiger partial charge in [-0.3, -0.25) is 24.3 Å². The maximum atomic E-state index is 10.4. The van der Waals surface area contributed by atoms with Crippen LogP contribution >= 0.6 is 0 Å². The summed E-state index contributed by atoms with van der Waals surface area (Å²) in [7, 11) is 0. The number of anilines is 1. The maximum Gasteiger partial charge on any atom is 0.330 e. The zero-order chi connectivity index (χ0) is 42.7. The van der Waals surface area contributed by atoms with Gasteiger partial charge in [0.15, 0.2) is 17.9 Å². The molecule has 27 heteroatoms. The zero-order valence-corrected chi connectivity index (χ0v) is 30.6. The van der Waals surface area contributed by atoms with Crippen molar-refractivity contribution < 1.29 is 56.0 Å². The molecule has 0 atom stereocenters. The van der Waals surface area contributed by atoms with E-state index in [9.17, 15) is 14.4 Å². The number of carboxylic acid groups (broad SMARTS) is 1. The fourth-order valence-electron chi connectivity index (χ4n) is 3.24. The van der Waals surface area contributed by atoms with Crippen LogP contribution in [-0.2, 0) is 37.3 Å². The van der Waals surface area contributed by atoms with Crippen LogP contribution in [0.2, 0.25) is 0 Å². The summed E-state index contributed by atoms with van der Waals surface area (Å²) in [5.74, 6) is 5.24. The molecule has 5 heterocycles. The summed E-state index contributed by atoms with van der Waals surface area (Å²) in [5.41, 5.74) is 18.1. The molecular formula is C29H50N16O11. The number of aryl methyl sites for hydroxylation is 4. The SMILES string of the molecule is C.CC(=O)CC(C)=O.Cc1cc(C)n2nc(C=O)nc2n1.Cc1cc(C)n2nc(CO)nc2n1.NN=C(N)N.Nc1n[nH]c(CO)n1.O=C(O)CO.O=COO.[HH]. The monoisotopic (exact) mass is 798 g/mol. The molecule has 27 nitrogen and oxygen atoms in total. The van der Waals surface area contributed by atoms with Crippen molar-refractivity contribution in [2.75, 3.05) is 12.3 Å². The molecule has 0 radical (unpaired) electrons. The van der Waals surface area contributed by atoms with E-state index in [0.717, 1.165) is 22.8 Å². The molecule has 0 amide bonds. The number of ketones is 2. The fourth-order valence-corrected chi connectivity index (χ4v) is 3.24. The first-order valence-corrected chi connectivity index (χ1v) is 14.9. The highest BCUT2D eigenvalue weighted by atomic mass is 17.1. The smallest absolute Gasteiger partial charge is 0.330 e. The Labute approximate surface area is 319 Å². The lowest BCUT2D eigenvalue weighted by Crippen LogP contribution is -2.23. The molecule has 0 aliphatic heterocycles. The Hall–Kier alpha value is -7.10. The number of hydrogen-bond acceptors (Lipinski definition) is 21. The van der Waals surface area contributed by atoms with Gasteiger partial charge in [0, 0.05) is 24.2 Å². The first-order valence-electron chi connectivity index (χ1n) is 14.9. The average Bonchev–Trinajstić information content (AvgIpc) is 3.87. The van der Waals surface area contributed by atoms with Crippen LogP contribution in [0.4, 0.5) is 5.95 Å². The number of nitrogen functional groups attached to an aromatic ring is 1. The summed E-state index contributed by atoms with van der Waals surface area (Å²) in [4.78, 5) is 71.0. The van der Waals surface area contributed by atoms with Crippen molar-refractivity contribution in [3.8, 4) is 0 Å². The van der Waals surface area contributed by atoms with Gasteiger partial charge in [0.05, 0.1) is 6.42 Å². The van der Waals surface area contributed by atoms with Gasteiger partial charge in [-0.15, -0.1) is 20.4 Å². The van der Waals surface area contributed by atoms with Gasteiger partial charge >= 0.3 is 12.4 Å². The van der Waals surface area contributed by atoms with Gasteiger partial charge in [-0.05, 0) is 53.7 Å². The summed E-state index contributed by atoms with van der Waals surface area (Å²) in [6, 6.07) is 3.80. The minimum atomic E-state index is -1.19. The lowest BCUT2D eigenvalue weighted by Gasteiger charge is -1.97. The maximum absolute atomic E-state index is 10.4. The predicted octanol–water partition coefficient (Wildman–Crippen LogP) is -2.07. The Morgan fingerprint density at radius 1 is 0.875 bits per heavy atom. The van der Waals surface area contributed by atoms with Crippen molar-refractivity contribution in [1.29, 1.82) is 0 Å². The largest absolute Gasteiger partial charge is 0.480 e. The number of aromatic nitrogens is 11. The minimum absolute atomic E-state index is 0. The molecule has 0 spiro atoms. The number of carbonyl (C=O) groups excluding carboxylic acids is 4. The van der Waals surface area contributed by atoms with Gasteiger partial charge in [0.25, 0.3) is 11.6 Å². The van der Waals surface area contributed by atoms with E-state index in [1.807, 2.05) is 39.8 Å². The number of aliphatic hydroxyl groups is 3. The highest BCUT2D eigenvalue weighted by Crippen LogP contribution is 2.05. The number of carbonyl (C=O) groups is 5. The topological polar surface area (TPSA) is 440 Å². The van der Waals surface area contributed by atoms with E-state index in [-0.39, 0.29) is 64.3 Å². The van der Waals surface area contributed by atoms with E-state index in [0.29, 0.717) is 29.5 Å². The number of aliphatic carboxylic acids is 1. The number of H-pyrrole nitrogens is 1. The number of nitrogens with one attached hydrogen (secondary N) is 1. The van der Waals surface area contributed by atoms with Gasteiger partial charge in [-0.1, -0.05) is 7.43 Å². The van der Waals surface area contributed by atoms with Gasteiger partial charge in [-0.2, -0.15) is 15.0 Å². The van der Waals surface area contributed by atoms with Gasteiger partial charge < -0.3 is 48.4 Å². The van der Waals surface area contributed by atoms with E-state index in [1.165, 1.54) is 13.8 Å². The second-order valence-electron chi connectivity index (χ2n) is 9.96. The molecule has 5 rings (SSSR count). The van der Waals surface area contributed by atoms with Crippen LogP contribution < -0.4 is 23.0 Å². The summed E-state index contributed by atoms with van der Waals surface area (Å²) in [6.45, 7) is 9.26. The minimum Gasteiger partial charge on any atom is -0.480 e. The first kappa shape index (κ1) is 53.3. The Bertz CT molecular complexity index is 1970. The number of Topliss-reactive ketones (excluding diaryl/α,β-unsaturated/α-hetero) is 2. The standard InChI is InChI=1S/C8H10N4O.C8H8N4O.C5H8O2.C3H6N4O.C2H4O3.CH6N4.CH2O3.CH4.H2/c2*1-5-3-6(2)12-8(9-5)10-7(4-13)11-12;1-4(6)3-5(2)7;4-3-5-2(1-8)6-7-3;3-1-2(4)5;2-1(3)5-4;2-1-4-3;;/h3,13H,4H2,1-2H3;3-4H,1-2H3;3H2,1-2H3;8H,1H2,(H3,4,5,6,7);3H,1H2,(H,4,5);4H2,(H4,2,3,5);1,3H;1H4;1H. The van der Waals surface area contributed by atoms with Crippen LogP contribution in [0.3, 0.4) is 0 Å². The second kappa shape index (κ2) is 29.4. The molecule has 0 unspecified atom stereocenters. The van der Waals surface area contributed by atoms with E-state index in [1.54, 1.807) is 9.03 Å². The van der Waals surface area contributed by atoms with Crippen LogP contribution in [0.5, 0.6) is 0 Å². The number of hydrogen-bond donors (Lipinski definition) is 10. The number of nitrogens with two attached hydrogens (primary N) is 4. The molecule has 0 bridgehead atoms. The summed E-state index contributed by atoms with van der Waals surface area (Å²) in [5, 5.41) is 56.0. The highest BCUT2D eigenvalue weighted by molar-refractivity contribution is 5.96. The lowest BCUT2D eigenvalue weighted by molar-refractivity contribution is -0.217. The number of aldehydes is 1. The number of nitrogens with zero attached hydrogens (tertiary/aromatic N) is 11. The average molecular weight is 799 g/mol. The molecule has 56 heavy (non-hydrogen) atoms. The molecule has 312 valence electrons. The Kier molecular flexibility index (Phi) is 27.9. The van der Waals surface area contributed by atoms with Crippen molar-refractivity contribution in [2.24, 2.45) is 22.4 Å². The molecular weight excluding hydrogens is 748 g/mol. The Morgan fingerprint density at radius 3 is 1.61 bits per heavy atom. The number of rotatable bonds is 7. The number of fused-ring (bicyclic) bond motifs is 2. The summed E-state index contributed by atoms with van der Waals surface area (Å²) >= 11 is 0. The summed E-state index contributed by atoms with van der Waals surface area (Å²) < 4.78 is 3.18. The first-order chi connectivity index (χ1) is 25.8. The fraction of sp³-hybridized carbons (Fsp3) is 0.379. The predicted molar refractivity (Wildman–Crippen MR) is 198 cm³/mol. The normalized spacial score (nSPS) is 9.04. The van der Waals surface area contributed by atoms with Crippen LogP contribution in [0.15, 0.2) is 17.2 Å². The zero-order valence-electron chi connectivity index (χ0n) is 30.6.